The maximum Gasteiger partial charge on any atom is 0.238 e. The van der Waals surface area contributed by atoms with Crippen molar-refractivity contribution < 1.29 is 13.2 Å². The molecule has 0 bridgehead atoms. The number of hydrogen-bond acceptors (Lipinski definition) is 6. The van der Waals surface area contributed by atoms with E-state index in [4.69, 9.17) is 5.14 Å². The second kappa shape index (κ2) is 9.94. The van der Waals surface area contributed by atoms with E-state index in [1.54, 1.807) is 18.3 Å². The van der Waals surface area contributed by atoms with Crippen LogP contribution in [0.5, 0.6) is 0 Å². The highest BCUT2D eigenvalue weighted by molar-refractivity contribution is 7.89. The van der Waals surface area contributed by atoms with Gasteiger partial charge in [0, 0.05) is 56.7 Å². The summed E-state index contributed by atoms with van der Waals surface area (Å²) in [6, 6.07) is 10.1. The van der Waals surface area contributed by atoms with Crippen LogP contribution in [-0.2, 0) is 14.8 Å². The summed E-state index contributed by atoms with van der Waals surface area (Å²) < 4.78 is 22.8. The lowest BCUT2D eigenvalue weighted by Crippen LogP contribution is -2.46. The lowest BCUT2D eigenvalue weighted by Gasteiger charge is -2.36. The lowest BCUT2D eigenvalue weighted by molar-refractivity contribution is -0.116. The second-order valence-electron chi connectivity index (χ2n) is 6.41. The van der Waals surface area contributed by atoms with Gasteiger partial charge in [0.25, 0.3) is 0 Å². The number of pyridine rings is 1. The third kappa shape index (κ3) is 5.98. The summed E-state index contributed by atoms with van der Waals surface area (Å²) >= 11 is 0. The number of sulfonamides is 1. The number of halogens is 1. The van der Waals surface area contributed by atoms with Gasteiger partial charge in [-0.2, -0.15) is 0 Å². The Morgan fingerprint density at radius 2 is 2.14 bits per heavy atom. The molecule has 1 aliphatic rings. The number of carbonyl (C=O) groups excluding carboxylic acids is 1. The van der Waals surface area contributed by atoms with Crippen LogP contribution in [0.15, 0.2) is 53.7 Å². The number of benzene rings is 1. The average Bonchev–Trinajstić information content (AvgIpc) is 2.67. The van der Waals surface area contributed by atoms with Crippen molar-refractivity contribution in [1.82, 2.24) is 15.2 Å². The van der Waals surface area contributed by atoms with Gasteiger partial charge in [0.05, 0.1) is 4.90 Å². The fourth-order valence-electron chi connectivity index (χ4n) is 3.14. The number of piperazine rings is 1. The van der Waals surface area contributed by atoms with Crippen molar-refractivity contribution in [2.24, 2.45) is 5.14 Å². The molecule has 0 radical (unpaired) electrons. The van der Waals surface area contributed by atoms with Gasteiger partial charge < -0.3 is 10.6 Å². The molecule has 1 amide bonds. The summed E-state index contributed by atoms with van der Waals surface area (Å²) in [7, 11) is -3.80. The van der Waals surface area contributed by atoms with E-state index in [0.29, 0.717) is 18.7 Å². The number of anilines is 1. The maximum absolute atomic E-state index is 12.3. The van der Waals surface area contributed by atoms with Gasteiger partial charge in [0.15, 0.2) is 0 Å². The number of rotatable bonds is 6. The van der Waals surface area contributed by atoms with Gasteiger partial charge in [-0.25, -0.2) is 13.6 Å². The van der Waals surface area contributed by atoms with Gasteiger partial charge in [-0.1, -0.05) is 12.1 Å². The van der Waals surface area contributed by atoms with E-state index in [-0.39, 0.29) is 29.3 Å². The van der Waals surface area contributed by atoms with Crippen LogP contribution in [0.25, 0.3) is 0 Å². The zero-order valence-corrected chi connectivity index (χ0v) is 16.9. The fraction of sp³-hybridized carbons (Fsp3) is 0.333. The summed E-state index contributed by atoms with van der Waals surface area (Å²) in [5, 5.41) is 11.2. The van der Waals surface area contributed by atoms with Gasteiger partial charge in [-0.3, -0.25) is 14.7 Å². The number of nitrogens with one attached hydrogen (secondary N) is 2. The lowest BCUT2D eigenvalue weighted by atomic mass is 10.1. The summed E-state index contributed by atoms with van der Waals surface area (Å²) in [6.45, 7) is 3.12. The molecular weight excluding hydrogens is 402 g/mol. The van der Waals surface area contributed by atoms with E-state index in [2.05, 4.69) is 20.5 Å². The predicted octanol–water partition coefficient (Wildman–Crippen LogP) is 1.13. The molecule has 1 aromatic heterocycles. The molecule has 0 spiro atoms. The van der Waals surface area contributed by atoms with Crippen LogP contribution in [0.2, 0.25) is 0 Å². The molecule has 0 saturated carbocycles. The normalized spacial score (nSPS) is 17.5. The minimum atomic E-state index is -3.80. The minimum Gasteiger partial charge on any atom is -0.326 e. The zero-order chi connectivity index (χ0) is 19.3. The minimum absolute atomic E-state index is 0. The van der Waals surface area contributed by atoms with Gasteiger partial charge in [-0.15, -0.1) is 12.4 Å². The maximum atomic E-state index is 12.3. The topological polar surface area (TPSA) is 117 Å². The molecule has 1 atom stereocenters. The molecule has 2 aromatic rings. The van der Waals surface area contributed by atoms with Gasteiger partial charge in [0.1, 0.15) is 0 Å². The van der Waals surface area contributed by atoms with Crippen LogP contribution < -0.4 is 15.8 Å². The molecule has 1 aliphatic heterocycles. The highest BCUT2D eigenvalue weighted by Gasteiger charge is 2.24. The van der Waals surface area contributed by atoms with Crippen molar-refractivity contribution in [3.05, 3.63) is 54.4 Å². The van der Waals surface area contributed by atoms with E-state index in [1.165, 1.54) is 12.1 Å². The average molecular weight is 426 g/mol. The molecule has 8 nitrogen and oxygen atoms in total. The van der Waals surface area contributed by atoms with Crippen LogP contribution in [-0.4, -0.2) is 50.4 Å². The van der Waals surface area contributed by atoms with Gasteiger partial charge >= 0.3 is 0 Å². The van der Waals surface area contributed by atoms with Crippen LogP contribution in [0.1, 0.15) is 18.0 Å². The molecule has 2 heterocycles. The number of primary sulfonamides is 1. The van der Waals surface area contributed by atoms with Crippen LogP contribution in [0, 0.1) is 0 Å². The van der Waals surface area contributed by atoms with Crippen molar-refractivity contribution in [3.8, 4) is 0 Å². The standard InChI is InChI=1S/C18H23N5O3S.ClH/c19-27(25,26)16-5-1-4-15(11-16)22-18(24)6-9-23-10-8-21-13-17(23)14-3-2-7-20-12-14;/h1-5,7,11-12,17,21H,6,8-10,13H2,(H,22,24)(H2,19,25,26);1H. The first-order valence-corrected chi connectivity index (χ1v) is 10.3. The molecule has 1 unspecified atom stereocenters. The Morgan fingerprint density at radius 3 is 2.86 bits per heavy atom. The van der Waals surface area contributed by atoms with Crippen LogP contribution >= 0.6 is 12.4 Å². The Bertz CT molecular complexity index is 895. The highest BCUT2D eigenvalue weighted by atomic mass is 35.5. The SMILES string of the molecule is Cl.NS(=O)(=O)c1cccc(NC(=O)CCN2CCNCC2c2cccnc2)c1. The first kappa shape index (κ1) is 22.3. The summed E-state index contributed by atoms with van der Waals surface area (Å²) in [4.78, 5) is 18.7. The smallest absolute Gasteiger partial charge is 0.238 e. The van der Waals surface area contributed by atoms with Crippen molar-refractivity contribution in [3.63, 3.8) is 0 Å². The zero-order valence-electron chi connectivity index (χ0n) is 15.2. The quantitative estimate of drug-likeness (QED) is 0.638. The first-order valence-electron chi connectivity index (χ1n) is 8.71. The van der Waals surface area contributed by atoms with E-state index in [9.17, 15) is 13.2 Å². The summed E-state index contributed by atoms with van der Waals surface area (Å²) in [5.74, 6) is -0.176. The van der Waals surface area contributed by atoms with E-state index < -0.39 is 10.0 Å². The number of nitrogens with zero attached hydrogens (tertiary/aromatic N) is 2. The van der Waals surface area contributed by atoms with E-state index >= 15 is 0 Å². The van der Waals surface area contributed by atoms with E-state index in [0.717, 1.165) is 25.2 Å². The molecule has 0 aliphatic carbocycles. The van der Waals surface area contributed by atoms with Crippen LogP contribution in [0.3, 0.4) is 0 Å². The molecule has 4 N–H and O–H groups in total. The van der Waals surface area contributed by atoms with E-state index in [1.807, 2.05) is 18.3 Å². The predicted molar refractivity (Wildman–Crippen MR) is 110 cm³/mol. The molecule has 3 rings (SSSR count). The second-order valence-corrected chi connectivity index (χ2v) is 7.97. The molecule has 28 heavy (non-hydrogen) atoms. The number of nitrogens with two attached hydrogens (primary N) is 1. The van der Waals surface area contributed by atoms with Crippen molar-refractivity contribution in [2.75, 3.05) is 31.5 Å². The molecule has 1 saturated heterocycles. The molecule has 10 heteroatoms. The Morgan fingerprint density at radius 1 is 1.32 bits per heavy atom. The van der Waals surface area contributed by atoms with Gasteiger partial charge in [0.2, 0.25) is 15.9 Å². The molecular formula is C18H24ClN5O3S. The van der Waals surface area contributed by atoms with Crippen molar-refractivity contribution in [2.45, 2.75) is 17.4 Å². The molecule has 152 valence electrons. The Balaban J connectivity index is 0.00000280. The third-order valence-corrected chi connectivity index (χ3v) is 5.41. The third-order valence-electron chi connectivity index (χ3n) is 4.50. The van der Waals surface area contributed by atoms with Crippen molar-refractivity contribution in [1.29, 1.82) is 0 Å². The molecule has 1 fully saturated rings. The first-order chi connectivity index (χ1) is 12.9. The Hall–Kier alpha value is -2.04. The fourth-order valence-corrected chi connectivity index (χ4v) is 3.69. The Kier molecular flexibility index (Phi) is 7.90. The number of amides is 1. The summed E-state index contributed by atoms with van der Waals surface area (Å²) in [5.41, 5.74) is 1.53. The van der Waals surface area contributed by atoms with Crippen molar-refractivity contribution >= 4 is 34.0 Å². The summed E-state index contributed by atoms with van der Waals surface area (Å²) in [6.07, 6.45) is 3.90. The largest absolute Gasteiger partial charge is 0.326 e. The van der Waals surface area contributed by atoms with Gasteiger partial charge in [-0.05, 0) is 29.8 Å². The number of carbonyl (C=O) groups is 1. The molecule has 1 aromatic carbocycles. The highest BCUT2D eigenvalue weighted by Crippen LogP contribution is 2.21. The Labute approximate surface area is 171 Å². The monoisotopic (exact) mass is 425 g/mol. The number of aromatic nitrogens is 1. The van der Waals surface area contributed by atoms with Crippen LogP contribution in [0.4, 0.5) is 5.69 Å². The number of hydrogen-bond donors (Lipinski definition) is 3.